The smallest absolute Gasteiger partial charge is 0.0725 e. The van der Waals surface area contributed by atoms with Crippen molar-refractivity contribution in [1.82, 2.24) is 5.32 Å². The fourth-order valence-electron chi connectivity index (χ4n) is 1.21. The van der Waals surface area contributed by atoms with Gasteiger partial charge >= 0.3 is 0 Å². The summed E-state index contributed by atoms with van der Waals surface area (Å²) in [7, 11) is 0. The van der Waals surface area contributed by atoms with Crippen molar-refractivity contribution in [3.05, 3.63) is 0 Å². The van der Waals surface area contributed by atoms with Crippen LogP contribution in [0.15, 0.2) is 0 Å². The highest BCUT2D eigenvalue weighted by Gasteiger charge is 2.18. The minimum absolute atomic E-state index is 0.457. The zero-order valence-corrected chi connectivity index (χ0v) is 6.89. The highest BCUT2D eigenvalue weighted by Crippen LogP contribution is 2.11. The molecule has 1 rings (SSSR count). The molecule has 0 aromatic carbocycles. The maximum Gasteiger partial charge on any atom is 0.0725 e. The van der Waals surface area contributed by atoms with E-state index in [1.807, 2.05) is 0 Å². The topological polar surface area (TPSA) is 21.3 Å². The van der Waals surface area contributed by atoms with E-state index < -0.39 is 0 Å². The lowest BCUT2D eigenvalue weighted by molar-refractivity contribution is -0.00510. The molecule has 0 bridgehead atoms. The van der Waals surface area contributed by atoms with E-state index in [-0.39, 0.29) is 0 Å². The molecule has 1 aliphatic heterocycles. The van der Waals surface area contributed by atoms with E-state index in [0.717, 1.165) is 19.7 Å². The molecular weight excluding hydrogens is 126 g/mol. The minimum atomic E-state index is 0.457. The van der Waals surface area contributed by atoms with Crippen LogP contribution in [0.5, 0.6) is 0 Å². The number of rotatable bonds is 2. The van der Waals surface area contributed by atoms with E-state index in [9.17, 15) is 0 Å². The van der Waals surface area contributed by atoms with E-state index in [0.29, 0.717) is 12.0 Å². The van der Waals surface area contributed by atoms with Gasteiger partial charge in [-0.25, -0.2) is 0 Å². The first-order valence-electron chi connectivity index (χ1n) is 4.17. The van der Waals surface area contributed by atoms with Crippen molar-refractivity contribution >= 4 is 0 Å². The van der Waals surface area contributed by atoms with Crippen molar-refractivity contribution in [3.8, 4) is 0 Å². The van der Waals surface area contributed by atoms with Gasteiger partial charge in [0, 0.05) is 13.1 Å². The molecule has 2 heteroatoms. The summed E-state index contributed by atoms with van der Waals surface area (Å²) in [4.78, 5) is 0. The van der Waals surface area contributed by atoms with Crippen molar-refractivity contribution in [3.63, 3.8) is 0 Å². The molecule has 0 amide bonds. The third-order valence-electron chi connectivity index (χ3n) is 2.23. The Morgan fingerprint density at radius 1 is 1.70 bits per heavy atom. The van der Waals surface area contributed by atoms with Crippen LogP contribution in [-0.4, -0.2) is 25.8 Å². The van der Waals surface area contributed by atoms with E-state index in [1.165, 1.54) is 6.42 Å². The summed E-state index contributed by atoms with van der Waals surface area (Å²) < 4.78 is 5.57. The summed E-state index contributed by atoms with van der Waals surface area (Å²) in [5.41, 5.74) is 0. The molecule has 0 aromatic rings. The highest BCUT2D eigenvalue weighted by molar-refractivity contribution is 4.71. The molecule has 2 nitrogen and oxygen atoms in total. The first-order valence-corrected chi connectivity index (χ1v) is 4.17. The molecule has 1 unspecified atom stereocenters. The number of nitrogens with one attached hydrogen (secondary N) is 1. The Morgan fingerprint density at radius 3 is 3.00 bits per heavy atom. The standard InChI is InChI=1S/C8H17NO/c1-3-7(2)8-6-9-4-5-10-8/h7-9H,3-6H2,1-2H3/t7?,8-/m0/s1. The second kappa shape index (κ2) is 3.94. The molecule has 0 radical (unpaired) electrons. The maximum atomic E-state index is 5.57. The second-order valence-electron chi connectivity index (χ2n) is 3.00. The molecule has 1 saturated heterocycles. The van der Waals surface area contributed by atoms with Crippen LogP contribution in [0.4, 0.5) is 0 Å². The van der Waals surface area contributed by atoms with Gasteiger partial charge in [0.05, 0.1) is 12.7 Å². The number of ether oxygens (including phenoxy) is 1. The Labute approximate surface area is 63.0 Å². The van der Waals surface area contributed by atoms with Crippen LogP contribution < -0.4 is 5.32 Å². The molecule has 1 fully saturated rings. The van der Waals surface area contributed by atoms with E-state index in [2.05, 4.69) is 19.2 Å². The second-order valence-corrected chi connectivity index (χ2v) is 3.00. The summed E-state index contributed by atoms with van der Waals surface area (Å²) in [5, 5.41) is 3.33. The normalized spacial score (nSPS) is 30.0. The van der Waals surface area contributed by atoms with Crippen LogP contribution >= 0.6 is 0 Å². The first kappa shape index (κ1) is 8.02. The average molecular weight is 143 g/mol. The van der Waals surface area contributed by atoms with Crippen LogP contribution in [0.3, 0.4) is 0 Å². The maximum absolute atomic E-state index is 5.57. The predicted octanol–water partition coefficient (Wildman–Crippen LogP) is 1.02. The van der Waals surface area contributed by atoms with Crippen LogP contribution in [-0.2, 0) is 4.74 Å². The molecule has 1 N–H and O–H groups in total. The molecule has 10 heavy (non-hydrogen) atoms. The first-order chi connectivity index (χ1) is 4.84. The van der Waals surface area contributed by atoms with E-state index in [1.54, 1.807) is 0 Å². The number of hydrogen-bond donors (Lipinski definition) is 1. The van der Waals surface area contributed by atoms with Crippen molar-refractivity contribution < 1.29 is 4.74 Å². The predicted molar refractivity (Wildman–Crippen MR) is 42.1 cm³/mol. The van der Waals surface area contributed by atoms with Crippen molar-refractivity contribution in [2.45, 2.75) is 26.4 Å². The van der Waals surface area contributed by atoms with Crippen LogP contribution in [0.1, 0.15) is 20.3 Å². The highest BCUT2D eigenvalue weighted by atomic mass is 16.5. The Morgan fingerprint density at radius 2 is 2.50 bits per heavy atom. The van der Waals surface area contributed by atoms with E-state index >= 15 is 0 Å². The lowest BCUT2D eigenvalue weighted by atomic mass is 10.0. The lowest BCUT2D eigenvalue weighted by Gasteiger charge is -2.27. The van der Waals surface area contributed by atoms with Gasteiger partial charge in [0.1, 0.15) is 0 Å². The Balaban J connectivity index is 2.24. The Hall–Kier alpha value is -0.0800. The fourth-order valence-corrected chi connectivity index (χ4v) is 1.21. The van der Waals surface area contributed by atoms with Gasteiger partial charge in [-0.05, 0) is 5.92 Å². The molecular formula is C8H17NO. The molecule has 0 aliphatic carbocycles. The molecule has 2 atom stereocenters. The van der Waals surface area contributed by atoms with Gasteiger partial charge in [-0.3, -0.25) is 0 Å². The third kappa shape index (κ3) is 1.96. The third-order valence-corrected chi connectivity index (χ3v) is 2.23. The van der Waals surface area contributed by atoms with Crippen molar-refractivity contribution in [2.24, 2.45) is 5.92 Å². The lowest BCUT2D eigenvalue weighted by Crippen LogP contribution is -2.41. The number of hydrogen-bond acceptors (Lipinski definition) is 2. The monoisotopic (exact) mass is 143 g/mol. The van der Waals surface area contributed by atoms with Gasteiger partial charge in [0.25, 0.3) is 0 Å². The average Bonchev–Trinajstić information content (AvgIpc) is 2.05. The van der Waals surface area contributed by atoms with Crippen molar-refractivity contribution in [1.29, 1.82) is 0 Å². The number of morpholine rings is 1. The summed E-state index contributed by atoms with van der Waals surface area (Å²) in [6, 6.07) is 0. The van der Waals surface area contributed by atoms with E-state index in [4.69, 9.17) is 4.74 Å². The quantitative estimate of drug-likeness (QED) is 0.623. The Bertz CT molecular complexity index is 89.3. The summed E-state index contributed by atoms with van der Waals surface area (Å²) in [6.07, 6.45) is 1.67. The minimum Gasteiger partial charge on any atom is -0.375 e. The molecule has 0 aromatic heterocycles. The van der Waals surface area contributed by atoms with Gasteiger partial charge in [-0.15, -0.1) is 0 Å². The van der Waals surface area contributed by atoms with Crippen LogP contribution in [0.25, 0.3) is 0 Å². The van der Waals surface area contributed by atoms with Gasteiger partial charge in [-0.2, -0.15) is 0 Å². The summed E-state index contributed by atoms with van der Waals surface area (Å²) >= 11 is 0. The molecule has 1 aliphatic rings. The Kier molecular flexibility index (Phi) is 3.16. The molecule has 0 spiro atoms. The fraction of sp³-hybridized carbons (Fsp3) is 1.00. The molecule has 1 heterocycles. The SMILES string of the molecule is CCC(C)[C@@H]1CNCCO1. The summed E-state index contributed by atoms with van der Waals surface area (Å²) in [6.45, 7) is 7.40. The largest absolute Gasteiger partial charge is 0.375 e. The molecule has 0 saturated carbocycles. The summed E-state index contributed by atoms with van der Waals surface area (Å²) in [5.74, 6) is 0.702. The zero-order valence-electron chi connectivity index (χ0n) is 6.89. The van der Waals surface area contributed by atoms with Crippen molar-refractivity contribution in [2.75, 3.05) is 19.7 Å². The van der Waals surface area contributed by atoms with Gasteiger partial charge < -0.3 is 10.1 Å². The molecule has 60 valence electrons. The van der Waals surface area contributed by atoms with Gasteiger partial charge in [0.15, 0.2) is 0 Å². The zero-order chi connectivity index (χ0) is 7.40. The van der Waals surface area contributed by atoms with Gasteiger partial charge in [-0.1, -0.05) is 20.3 Å². The van der Waals surface area contributed by atoms with Crippen LogP contribution in [0, 0.1) is 5.92 Å². The van der Waals surface area contributed by atoms with Gasteiger partial charge in [0.2, 0.25) is 0 Å². The van der Waals surface area contributed by atoms with Crippen LogP contribution in [0.2, 0.25) is 0 Å².